The van der Waals surface area contributed by atoms with Gasteiger partial charge in [-0.1, -0.05) is 0 Å². The summed E-state index contributed by atoms with van der Waals surface area (Å²) in [5.41, 5.74) is 0.0456. The Kier molecular flexibility index (Phi) is 2.50. The summed E-state index contributed by atoms with van der Waals surface area (Å²) in [7, 11) is 1.92. The zero-order chi connectivity index (χ0) is 11.1. The summed E-state index contributed by atoms with van der Waals surface area (Å²) in [6.45, 7) is 6.50. The Morgan fingerprint density at radius 1 is 1.47 bits per heavy atom. The predicted octanol–water partition coefficient (Wildman–Crippen LogP) is 1.10. The minimum absolute atomic E-state index is 0.0456. The van der Waals surface area contributed by atoms with Crippen LogP contribution in [0.1, 0.15) is 45.5 Å². The van der Waals surface area contributed by atoms with Gasteiger partial charge in [0, 0.05) is 0 Å². The molecule has 1 aliphatic rings. The summed E-state index contributed by atoms with van der Waals surface area (Å²) < 4.78 is 1.98. The van der Waals surface area contributed by atoms with Crippen molar-refractivity contribution in [3.8, 4) is 0 Å². The van der Waals surface area contributed by atoms with Crippen LogP contribution in [0.15, 0.2) is 0 Å². The summed E-state index contributed by atoms with van der Waals surface area (Å²) in [5.74, 6) is 1.65. The Labute approximate surface area is 90.2 Å². The van der Waals surface area contributed by atoms with Gasteiger partial charge in [0.25, 0.3) is 0 Å². The third kappa shape index (κ3) is 1.76. The van der Waals surface area contributed by atoms with Crippen LogP contribution in [-0.2, 0) is 5.54 Å². The lowest BCUT2D eigenvalue weighted by molar-refractivity contribution is 0.253. The van der Waals surface area contributed by atoms with Crippen molar-refractivity contribution in [2.75, 3.05) is 7.05 Å². The van der Waals surface area contributed by atoms with Crippen LogP contribution in [0, 0.1) is 5.92 Å². The van der Waals surface area contributed by atoms with Crippen LogP contribution in [0.4, 0.5) is 0 Å². The van der Waals surface area contributed by atoms with E-state index in [4.69, 9.17) is 0 Å². The molecule has 0 bridgehead atoms. The van der Waals surface area contributed by atoms with Crippen molar-refractivity contribution in [3.63, 3.8) is 0 Å². The fraction of sp³-hybridized carbons (Fsp3) is 0.900. The molecular weight excluding hydrogens is 190 g/mol. The van der Waals surface area contributed by atoms with Gasteiger partial charge in [0.15, 0.2) is 5.82 Å². The number of tetrazole rings is 1. The molecule has 0 saturated heterocycles. The second-order valence-corrected chi connectivity index (χ2v) is 4.89. The highest BCUT2D eigenvalue weighted by Gasteiger charge is 2.41. The number of hydrogen-bond donors (Lipinski definition) is 1. The molecule has 1 heterocycles. The molecule has 0 radical (unpaired) electrons. The van der Waals surface area contributed by atoms with E-state index in [0.29, 0.717) is 0 Å². The normalized spacial score (nSPS) is 19.2. The lowest BCUT2D eigenvalue weighted by atomic mass is 9.98. The second-order valence-electron chi connectivity index (χ2n) is 4.89. The SMILES string of the molecule is CNC(C)c1nnnn1C(C)(C)C1CC1. The van der Waals surface area contributed by atoms with Crippen molar-refractivity contribution in [3.05, 3.63) is 5.82 Å². The molecule has 0 aromatic carbocycles. The van der Waals surface area contributed by atoms with E-state index >= 15 is 0 Å². The Morgan fingerprint density at radius 2 is 2.13 bits per heavy atom. The second kappa shape index (κ2) is 3.56. The standard InChI is InChI=1S/C10H19N5/c1-7(11-4)9-12-13-14-15(9)10(2,3)8-5-6-8/h7-8,11H,5-6H2,1-4H3. The van der Waals surface area contributed by atoms with Crippen molar-refractivity contribution in [2.24, 2.45) is 5.92 Å². The monoisotopic (exact) mass is 209 g/mol. The van der Waals surface area contributed by atoms with E-state index in [-0.39, 0.29) is 11.6 Å². The van der Waals surface area contributed by atoms with Crippen molar-refractivity contribution in [2.45, 2.75) is 45.2 Å². The molecule has 1 unspecified atom stereocenters. The van der Waals surface area contributed by atoms with E-state index in [0.717, 1.165) is 11.7 Å². The Balaban J connectivity index is 2.31. The first-order valence-corrected chi connectivity index (χ1v) is 5.53. The number of nitrogens with zero attached hydrogens (tertiary/aromatic N) is 4. The Bertz CT molecular complexity index is 339. The van der Waals surface area contributed by atoms with Gasteiger partial charge in [-0.2, -0.15) is 0 Å². The first-order valence-electron chi connectivity index (χ1n) is 5.53. The van der Waals surface area contributed by atoms with Gasteiger partial charge in [0.1, 0.15) is 0 Å². The fourth-order valence-electron chi connectivity index (χ4n) is 1.97. The van der Waals surface area contributed by atoms with Crippen LogP contribution >= 0.6 is 0 Å². The molecule has 15 heavy (non-hydrogen) atoms. The molecule has 1 fully saturated rings. The van der Waals surface area contributed by atoms with Gasteiger partial charge >= 0.3 is 0 Å². The van der Waals surface area contributed by atoms with E-state index in [1.54, 1.807) is 0 Å². The highest BCUT2D eigenvalue weighted by molar-refractivity contribution is 4.99. The highest BCUT2D eigenvalue weighted by atomic mass is 15.6. The van der Waals surface area contributed by atoms with Crippen molar-refractivity contribution >= 4 is 0 Å². The van der Waals surface area contributed by atoms with Crippen molar-refractivity contribution in [1.29, 1.82) is 0 Å². The zero-order valence-corrected chi connectivity index (χ0v) is 9.86. The molecule has 1 N–H and O–H groups in total. The van der Waals surface area contributed by atoms with Gasteiger partial charge in [0.05, 0.1) is 11.6 Å². The molecule has 5 heteroatoms. The molecule has 1 atom stereocenters. The van der Waals surface area contributed by atoms with Gasteiger partial charge in [-0.05, 0) is 57.0 Å². The van der Waals surface area contributed by atoms with Gasteiger partial charge in [-0.3, -0.25) is 0 Å². The first-order chi connectivity index (χ1) is 7.07. The molecule has 0 aliphatic heterocycles. The molecular formula is C10H19N5. The minimum atomic E-state index is 0.0456. The van der Waals surface area contributed by atoms with Gasteiger partial charge < -0.3 is 5.32 Å². The topological polar surface area (TPSA) is 55.6 Å². The summed E-state index contributed by atoms with van der Waals surface area (Å²) in [6, 6.07) is 0.193. The van der Waals surface area contributed by atoms with Gasteiger partial charge in [-0.15, -0.1) is 5.10 Å². The molecule has 1 saturated carbocycles. The quantitative estimate of drug-likeness (QED) is 0.806. The maximum atomic E-state index is 4.13. The summed E-state index contributed by atoms with van der Waals surface area (Å²) in [4.78, 5) is 0. The fourth-order valence-corrected chi connectivity index (χ4v) is 1.97. The largest absolute Gasteiger partial charge is 0.311 e. The third-order valence-corrected chi connectivity index (χ3v) is 3.44. The molecule has 1 aromatic heterocycles. The van der Waals surface area contributed by atoms with Gasteiger partial charge in [-0.25, -0.2) is 4.68 Å². The molecule has 2 rings (SSSR count). The number of rotatable bonds is 4. The maximum Gasteiger partial charge on any atom is 0.168 e. The molecule has 0 amide bonds. The van der Waals surface area contributed by atoms with E-state index in [1.807, 2.05) is 11.7 Å². The van der Waals surface area contributed by atoms with E-state index in [2.05, 4.69) is 41.6 Å². The predicted molar refractivity (Wildman–Crippen MR) is 57.3 cm³/mol. The van der Waals surface area contributed by atoms with E-state index in [9.17, 15) is 0 Å². The lowest BCUT2D eigenvalue weighted by Crippen LogP contribution is -2.33. The van der Waals surface area contributed by atoms with Crippen LogP contribution < -0.4 is 5.32 Å². The van der Waals surface area contributed by atoms with Crippen LogP contribution in [0.25, 0.3) is 0 Å². The van der Waals surface area contributed by atoms with Crippen LogP contribution in [-0.4, -0.2) is 27.3 Å². The average molecular weight is 209 g/mol. The average Bonchev–Trinajstić information content (AvgIpc) is 2.95. The van der Waals surface area contributed by atoms with Gasteiger partial charge in [0.2, 0.25) is 0 Å². The smallest absolute Gasteiger partial charge is 0.168 e. The van der Waals surface area contributed by atoms with Crippen molar-refractivity contribution in [1.82, 2.24) is 25.5 Å². The maximum absolute atomic E-state index is 4.13. The van der Waals surface area contributed by atoms with E-state index < -0.39 is 0 Å². The number of aromatic nitrogens is 4. The third-order valence-electron chi connectivity index (χ3n) is 3.44. The van der Waals surface area contributed by atoms with Crippen LogP contribution in [0.3, 0.4) is 0 Å². The summed E-state index contributed by atoms with van der Waals surface area (Å²) in [6.07, 6.45) is 2.58. The lowest BCUT2D eigenvalue weighted by Gasteiger charge is -2.26. The van der Waals surface area contributed by atoms with Crippen molar-refractivity contribution < 1.29 is 0 Å². The van der Waals surface area contributed by atoms with Crippen LogP contribution in [0.5, 0.6) is 0 Å². The number of nitrogens with one attached hydrogen (secondary N) is 1. The Morgan fingerprint density at radius 3 is 2.67 bits per heavy atom. The number of hydrogen-bond acceptors (Lipinski definition) is 4. The summed E-state index contributed by atoms with van der Waals surface area (Å²) >= 11 is 0. The van der Waals surface area contributed by atoms with E-state index in [1.165, 1.54) is 12.8 Å². The zero-order valence-electron chi connectivity index (χ0n) is 9.86. The van der Waals surface area contributed by atoms with Crippen LogP contribution in [0.2, 0.25) is 0 Å². The minimum Gasteiger partial charge on any atom is -0.311 e. The molecule has 0 spiro atoms. The Hall–Kier alpha value is -0.970. The molecule has 1 aromatic rings. The summed E-state index contributed by atoms with van der Waals surface area (Å²) in [5, 5.41) is 15.2. The molecule has 84 valence electrons. The molecule has 5 nitrogen and oxygen atoms in total. The molecule has 1 aliphatic carbocycles. The first kappa shape index (κ1) is 10.5. The highest BCUT2D eigenvalue weighted by Crippen LogP contribution is 2.44.